The fraction of sp³-hybridized carbons (Fsp3) is 0.300. The number of carbonyl (C=O) groups is 2. The number of nitrogens with one attached hydrogen (secondary N) is 2. The molecule has 0 aromatic carbocycles. The van der Waals surface area contributed by atoms with Crippen molar-refractivity contribution in [1.29, 1.82) is 0 Å². The summed E-state index contributed by atoms with van der Waals surface area (Å²) in [5.41, 5.74) is -0.0550. The van der Waals surface area contributed by atoms with Crippen LogP contribution in [0.5, 0.6) is 0 Å². The van der Waals surface area contributed by atoms with Gasteiger partial charge < -0.3 is 15.4 Å². The van der Waals surface area contributed by atoms with Gasteiger partial charge in [0.1, 0.15) is 5.76 Å². The number of hydrogen-bond donors (Lipinski definition) is 3. The normalized spacial score (nSPS) is 12.4. The Labute approximate surface area is 103 Å². The van der Waals surface area contributed by atoms with Gasteiger partial charge in [0.25, 0.3) is 5.91 Å². The van der Waals surface area contributed by atoms with E-state index in [4.69, 9.17) is 0 Å². The van der Waals surface area contributed by atoms with Crippen molar-refractivity contribution in [2.45, 2.75) is 13.8 Å². The lowest BCUT2D eigenvalue weighted by Gasteiger charge is -1.97. The first-order chi connectivity index (χ1) is 8.47. The summed E-state index contributed by atoms with van der Waals surface area (Å²) in [5.74, 6) is -1.05. The molecule has 0 unspecified atom stereocenters. The Morgan fingerprint density at radius 3 is 2.61 bits per heavy atom. The number of aromatic amines is 1. The maximum absolute atomic E-state index is 11.4. The molecule has 1 heterocycles. The number of hydrogen-bond acceptors (Lipinski definition) is 6. The number of aromatic nitrogens is 2. The lowest BCUT2D eigenvalue weighted by molar-refractivity contribution is -0.113. The molecule has 3 N–H and O–H groups in total. The topological polar surface area (TPSA) is 120 Å². The highest BCUT2D eigenvalue weighted by Gasteiger charge is 2.13. The molecular formula is C10H13N5O3. The number of ketones is 1. The lowest BCUT2D eigenvalue weighted by atomic mass is 10.3. The van der Waals surface area contributed by atoms with Crippen molar-refractivity contribution in [1.82, 2.24) is 15.3 Å². The van der Waals surface area contributed by atoms with Crippen LogP contribution in [-0.4, -0.2) is 33.8 Å². The summed E-state index contributed by atoms with van der Waals surface area (Å²) in [6.07, 6.45) is 1.28. The second kappa shape index (κ2) is 5.71. The van der Waals surface area contributed by atoms with E-state index in [0.717, 1.165) is 0 Å². The molecule has 0 bridgehead atoms. The van der Waals surface area contributed by atoms with Gasteiger partial charge in [0, 0.05) is 14.0 Å². The quantitative estimate of drug-likeness (QED) is 0.423. The average molecular weight is 251 g/mol. The molecule has 8 heteroatoms. The minimum atomic E-state index is -0.434. The second-order valence-electron chi connectivity index (χ2n) is 3.37. The summed E-state index contributed by atoms with van der Waals surface area (Å²) in [6.45, 7) is 2.57. The van der Waals surface area contributed by atoms with Gasteiger partial charge in [-0.25, -0.2) is 4.98 Å². The predicted molar refractivity (Wildman–Crippen MR) is 62.5 cm³/mol. The van der Waals surface area contributed by atoms with Crippen LogP contribution < -0.4 is 5.32 Å². The van der Waals surface area contributed by atoms with Crippen molar-refractivity contribution in [2.24, 2.45) is 10.2 Å². The van der Waals surface area contributed by atoms with Crippen molar-refractivity contribution in [3.8, 4) is 0 Å². The maximum Gasteiger partial charge on any atom is 0.271 e. The number of allylic oxidation sites excluding steroid dienone is 2. The molecule has 8 nitrogen and oxygen atoms in total. The zero-order valence-corrected chi connectivity index (χ0v) is 10.2. The predicted octanol–water partition coefficient (Wildman–Crippen LogP) is 1.23. The molecule has 0 aliphatic rings. The molecule has 0 radical (unpaired) electrons. The molecule has 0 saturated heterocycles. The second-order valence-corrected chi connectivity index (χ2v) is 3.37. The molecule has 0 spiro atoms. The van der Waals surface area contributed by atoms with Crippen LogP contribution in [0.4, 0.5) is 5.82 Å². The number of imidazole rings is 1. The van der Waals surface area contributed by atoms with Crippen molar-refractivity contribution in [2.75, 3.05) is 7.05 Å². The first-order valence-corrected chi connectivity index (χ1v) is 5.05. The number of rotatable bonds is 4. The Bertz CT molecular complexity index is 525. The average Bonchev–Trinajstić information content (AvgIpc) is 2.75. The molecule has 1 rings (SSSR count). The van der Waals surface area contributed by atoms with Crippen molar-refractivity contribution < 1.29 is 14.7 Å². The summed E-state index contributed by atoms with van der Waals surface area (Å²) >= 11 is 0. The van der Waals surface area contributed by atoms with Gasteiger partial charge in [0.15, 0.2) is 17.2 Å². The fourth-order valence-electron chi connectivity index (χ4n) is 1.15. The Morgan fingerprint density at radius 1 is 1.44 bits per heavy atom. The largest absolute Gasteiger partial charge is 0.510 e. The molecule has 1 aromatic rings. The van der Waals surface area contributed by atoms with Crippen LogP contribution in [0.3, 0.4) is 0 Å². The van der Waals surface area contributed by atoms with E-state index in [9.17, 15) is 14.7 Å². The minimum absolute atomic E-state index is 0.0364. The third kappa shape index (κ3) is 3.00. The van der Waals surface area contributed by atoms with E-state index in [1.165, 1.54) is 27.2 Å². The molecule has 96 valence electrons. The standard InChI is InChI=1S/C10H13N5O3/c1-5(16)7(6(2)17)14-15-9-8(10(18)11-3)12-4-13-9/h4,16H,1-3H3,(H,11,18)(H,12,13). The number of H-pyrrole nitrogens is 1. The molecule has 0 saturated carbocycles. The third-order valence-corrected chi connectivity index (χ3v) is 1.99. The van der Waals surface area contributed by atoms with E-state index in [0.29, 0.717) is 0 Å². The van der Waals surface area contributed by atoms with E-state index in [1.54, 1.807) is 0 Å². The number of amides is 1. The summed E-state index contributed by atoms with van der Waals surface area (Å²) < 4.78 is 0. The van der Waals surface area contributed by atoms with Crippen LogP contribution in [0.15, 0.2) is 28.0 Å². The highest BCUT2D eigenvalue weighted by Crippen LogP contribution is 2.16. The summed E-state index contributed by atoms with van der Waals surface area (Å²) in [7, 11) is 1.46. The Hall–Kier alpha value is -2.51. The van der Waals surface area contributed by atoms with E-state index in [2.05, 4.69) is 25.5 Å². The van der Waals surface area contributed by atoms with Crippen molar-refractivity contribution >= 4 is 17.5 Å². The maximum atomic E-state index is 11.4. The fourth-order valence-corrected chi connectivity index (χ4v) is 1.15. The number of nitrogens with zero attached hydrogens (tertiary/aromatic N) is 3. The minimum Gasteiger partial charge on any atom is -0.510 e. The van der Waals surface area contributed by atoms with Gasteiger partial charge in [-0.1, -0.05) is 0 Å². The Morgan fingerprint density at radius 2 is 2.11 bits per heavy atom. The van der Waals surface area contributed by atoms with Gasteiger partial charge in [-0.3, -0.25) is 9.59 Å². The first kappa shape index (κ1) is 13.6. The highest BCUT2D eigenvalue weighted by molar-refractivity contribution is 5.96. The van der Waals surface area contributed by atoms with Gasteiger partial charge in [0.2, 0.25) is 5.82 Å². The SMILES string of the molecule is CNC(=O)c1[nH]cnc1N=NC(C(C)=O)=C(C)O. The van der Waals surface area contributed by atoms with Gasteiger partial charge in [0.05, 0.1) is 6.33 Å². The number of aliphatic hydroxyl groups is 1. The van der Waals surface area contributed by atoms with Gasteiger partial charge in [-0.15, -0.1) is 10.2 Å². The Kier molecular flexibility index (Phi) is 4.30. The van der Waals surface area contributed by atoms with Gasteiger partial charge in [-0.2, -0.15) is 0 Å². The smallest absolute Gasteiger partial charge is 0.271 e. The monoisotopic (exact) mass is 251 g/mol. The molecular weight excluding hydrogens is 238 g/mol. The summed E-state index contributed by atoms with van der Waals surface area (Å²) in [5, 5.41) is 18.9. The molecule has 18 heavy (non-hydrogen) atoms. The number of azo groups is 1. The zero-order chi connectivity index (χ0) is 13.7. The number of carbonyl (C=O) groups excluding carboxylic acids is 2. The van der Waals surface area contributed by atoms with Crippen LogP contribution in [-0.2, 0) is 4.79 Å². The van der Waals surface area contributed by atoms with Crippen LogP contribution in [0.25, 0.3) is 0 Å². The van der Waals surface area contributed by atoms with Gasteiger partial charge in [-0.05, 0) is 6.92 Å². The van der Waals surface area contributed by atoms with E-state index in [-0.39, 0.29) is 23.0 Å². The van der Waals surface area contributed by atoms with Crippen molar-refractivity contribution in [3.05, 3.63) is 23.5 Å². The number of aliphatic hydroxyl groups excluding tert-OH is 1. The first-order valence-electron chi connectivity index (χ1n) is 5.05. The van der Waals surface area contributed by atoms with Crippen LogP contribution in [0, 0.1) is 0 Å². The lowest BCUT2D eigenvalue weighted by Crippen LogP contribution is -2.18. The summed E-state index contributed by atoms with van der Waals surface area (Å²) in [4.78, 5) is 28.9. The number of Topliss-reactive ketones (excluding diaryl/α,β-unsaturated/α-hetero) is 1. The van der Waals surface area contributed by atoms with Crippen molar-refractivity contribution in [3.63, 3.8) is 0 Å². The van der Waals surface area contributed by atoms with Crippen LogP contribution in [0.2, 0.25) is 0 Å². The summed E-state index contributed by atoms with van der Waals surface area (Å²) in [6, 6.07) is 0. The van der Waals surface area contributed by atoms with Gasteiger partial charge >= 0.3 is 0 Å². The van der Waals surface area contributed by atoms with Crippen LogP contribution in [0.1, 0.15) is 24.3 Å². The molecule has 0 aliphatic heterocycles. The molecule has 0 atom stereocenters. The third-order valence-electron chi connectivity index (χ3n) is 1.99. The highest BCUT2D eigenvalue weighted by atomic mass is 16.3. The Balaban J connectivity index is 3.05. The van der Waals surface area contributed by atoms with E-state index >= 15 is 0 Å². The van der Waals surface area contributed by atoms with E-state index in [1.807, 2.05) is 0 Å². The molecule has 1 amide bonds. The molecule has 0 fully saturated rings. The molecule has 1 aromatic heterocycles. The van der Waals surface area contributed by atoms with Crippen LogP contribution >= 0.6 is 0 Å². The van der Waals surface area contributed by atoms with E-state index < -0.39 is 11.7 Å². The zero-order valence-electron chi connectivity index (χ0n) is 10.2. The molecule has 0 aliphatic carbocycles.